The Labute approximate surface area is 154 Å². The molecule has 0 bridgehead atoms. The van der Waals surface area contributed by atoms with Gasteiger partial charge < -0.3 is 19.1 Å². The first-order valence-corrected chi connectivity index (χ1v) is 8.05. The van der Waals surface area contributed by atoms with Crippen molar-refractivity contribution in [3.63, 3.8) is 0 Å². The highest BCUT2D eigenvalue weighted by Gasteiger charge is 2.16. The van der Waals surface area contributed by atoms with E-state index >= 15 is 0 Å². The predicted molar refractivity (Wildman–Crippen MR) is 101 cm³/mol. The van der Waals surface area contributed by atoms with E-state index in [4.69, 9.17) is 9.47 Å². The van der Waals surface area contributed by atoms with Gasteiger partial charge in [0.25, 0.3) is 5.56 Å². The van der Waals surface area contributed by atoms with Gasteiger partial charge in [-0.25, -0.2) is 9.78 Å². The Balaban J connectivity index is 2.13. The summed E-state index contributed by atoms with van der Waals surface area (Å²) in [6, 6.07) is 3.22. The second-order valence-electron chi connectivity index (χ2n) is 6.02. The van der Waals surface area contributed by atoms with Gasteiger partial charge in [-0.2, -0.15) is 0 Å². The third-order valence-corrected chi connectivity index (χ3v) is 4.42. The van der Waals surface area contributed by atoms with Gasteiger partial charge in [-0.3, -0.25) is 13.9 Å². The van der Waals surface area contributed by atoms with Gasteiger partial charge in [-0.05, 0) is 23.8 Å². The molecule has 1 N–H and O–H groups in total. The SMILES string of the molecule is COc1cc(/C=C/c2nc3c(c(=O)n(C)c(=O)n3C)n2C)cc(O)c1OC. The number of rotatable bonds is 4. The molecule has 3 aromatic rings. The molecule has 0 aliphatic rings. The monoisotopic (exact) mass is 372 g/mol. The second-order valence-corrected chi connectivity index (χ2v) is 6.02. The third kappa shape index (κ3) is 2.86. The molecular weight excluding hydrogens is 352 g/mol. The Morgan fingerprint density at radius 3 is 2.33 bits per heavy atom. The van der Waals surface area contributed by atoms with Gasteiger partial charge in [-0.1, -0.05) is 6.08 Å². The zero-order valence-electron chi connectivity index (χ0n) is 15.7. The van der Waals surface area contributed by atoms with E-state index in [1.54, 1.807) is 36.9 Å². The highest BCUT2D eigenvalue weighted by atomic mass is 16.5. The van der Waals surface area contributed by atoms with Crippen molar-refractivity contribution in [3.05, 3.63) is 44.4 Å². The van der Waals surface area contributed by atoms with Crippen LogP contribution in [-0.4, -0.2) is 38.0 Å². The van der Waals surface area contributed by atoms with E-state index < -0.39 is 11.2 Å². The number of aryl methyl sites for hydroxylation is 2. The quantitative estimate of drug-likeness (QED) is 0.729. The lowest BCUT2D eigenvalue weighted by atomic mass is 10.1. The number of methoxy groups -OCH3 is 2. The fourth-order valence-electron chi connectivity index (χ4n) is 2.92. The summed E-state index contributed by atoms with van der Waals surface area (Å²) < 4.78 is 14.3. The zero-order valence-corrected chi connectivity index (χ0v) is 15.7. The molecule has 0 unspecified atom stereocenters. The van der Waals surface area contributed by atoms with Crippen LogP contribution in [0.15, 0.2) is 21.7 Å². The Bertz CT molecular complexity index is 1180. The molecule has 0 spiro atoms. The summed E-state index contributed by atoms with van der Waals surface area (Å²) in [5, 5.41) is 10.1. The standard InChI is InChI=1S/C18H20N4O5/c1-20-13(19-16-14(20)17(24)22(3)18(25)21(16)2)7-6-10-8-11(23)15(27-5)12(9-10)26-4/h6-9,23H,1-5H3/b7-6+. The van der Waals surface area contributed by atoms with Gasteiger partial charge in [0.15, 0.2) is 22.7 Å². The average molecular weight is 372 g/mol. The lowest BCUT2D eigenvalue weighted by Gasteiger charge is -2.10. The average Bonchev–Trinajstić information content (AvgIpc) is 2.99. The van der Waals surface area contributed by atoms with Gasteiger partial charge in [0.2, 0.25) is 5.75 Å². The van der Waals surface area contributed by atoms with Crippen LogP contribution in [0.5, 0.6) is 17.2 Å². The van der Waals surface area contributed by atoms with E-state index in [0.717, 1.165) is 4.57 Å². The van der Waals surface area contributed by atoms with E-state index in [1.807, 2.05) is 0 Å². The molecule has 0 aliphatic carbocycles. The zero-order chi connectivity index (χ0) is 19.9. The van der Waals surface area contributed by atoms with E-state index in [-0.39, 0.29) is 11.5 Å². The lowest BCUT2D eigenvalue weighted by molar-refractivity contribution is 0.333. The molecule has 9 nitrogen and oxygen atoms in total. The molecule has 27 heavy (non-hydrogen) atoms. The normalized spacial score (nSPS) is 11.4. The fourth-order valence-corrected chi connectivity index (χ4v) is 2.92. The third-order valence-electron chi connectivity index (χ3n) is 4.42. The Morgan fingerprint density at radius 1 is 1.00 bits per heavy atom. The number of phenolic OH excluding ortho intramolecular Hbond substituents is 1. The summed E-state index contributed by atoms with van der Waals surface area (Å²) in [5.74, 6) is 1.06. The van der Waals surface area contributed by atoms with Crippen molar-refractivity contribution in [2.24, 2.45) is 21.1 Å². The van der Waals surface area contributed by atoms with Crippen molar-refractivity contribution < 1.29 is 14.6 Å². The number of aromatic hydroxyl groups is 1. The number of phenols is 1. The number of hydrogen-bond donors (Lipinski definition) is 1. The molecular formula is C18H20N4O5. The number of imidazole rings is 1. The van der Waals surface area contributed by atoms with Gasteiger partial charge in [0.05, 0.1) is 14.2 Å². The number of fused-ring (bicyclic) bond motifs is 1. The van der Waals surface area contributed by atoms with Crippen LogP contribution in [0.1, 0.15) is 11.4 Å². The summed E-state index contributed by atoms with van der Waals surface area (Å²) in [5.41, 5.74) is 0.436. The van der Waals surface area contributed by atoms with Gasteiger partial charge in [0, 0.05) is 21.1 Å². The maximum atomic E-state index is 12.4. The summed E-state index contributed by atoms with van der Waals surface area (Å²) in [7, 11) is 7.62. The number of benzene rings is 1. The minimum absolute atomic E-state index is 0.0576. The maximum Gasteiger partial charge on any atom is 0.332 e. The Kier molecular flexibility index (Phi) is 4.52. The molecule has 0 radical (unpaired) electrons. The van der Waals surface area contributed by atoms with E-state index in [0.29, 0.717) is 28.3 Å². The van der Waals surface area contributed by atoms with Crippen LogP contribution in [0.3, 0.4) is 0 Å². The Morgan fingerprint density at radius 2 is 1.70 bits per heavy atom. The van der Waals surface area contributed by atoms with Gasteiger partial charge >= 0.3 is 5.69 Å². The molecule has 2 aromatic heterocycles. The van der Waals surface area contributed by atoms with Gasteiger partial charge in [-0.15, -0.1) is 0 Å². The smallest absolute Gasteiger partial charge is 0.332 e. The van der Waals surface area contributed by atoms with E-state index in [2.05, 4.69) is 4.98 Å². The minimum atomic E-state index is -0.439. The molecule has 3 rings (SSSR count). The summed E-state index contributed by atoms with van der Waals surface area (Å²) >= 11 is 0. The van der Waals surface area contributed by atoms with Crippen molar-refractivity contribution in [3.8, 4) is 17.2 Å². The molecule has 0 atom stereocenters. The lowest BCUT2D eigenvalue weighted by Crippen LogP contribution is -2.37. The van der Waals surface area contributed by atoms with Crippen LogP contribution in [0, 0.1) is 0 Å². The van der Waals surface area contributed by atoms with Crippen molar-refractivity contribution in [1.82, 2.24) is 18.7 Å². The van der Waals surface area contributed by atoms with Crippen molar-refractivity contribution in [2.45, 2.75) is 0 Å². The van der Waals surface area contributed by atoms with Gasteiger partial charge in [0.1, 0.15) is 5.82 Å². The molecule has 0 saturated heterocycles. The maximum absolute atomic E-state index is 12.4. The Hall–Kier alpha value is -3.49. The predicted octanol–water partition coefficient (Wildman–Crippen LogP) is 0.864. The number of nitrogens with zero attached hydrogens (tertiary/aromatic N) is 4. The second kappa shape index (κ2) is 6.67. The van der Waals surface area contributed by atoms with Crippen LogP contribution in [0.2, 0.25) is 0 Å². The molecule has 9 heteroatoms. The molecule has 0 fully saturated rings. The first-order valence-electron chi connectivity index (χ1n) is 8.05. The molecule has 0 saturated carbocycles. The molecule has 2 heterocycles. The first-order chi connectivity index (χ1) is 12.8. The van der Waals surface area contributed by atoms with Crippen LogP contribution in [0.25, 0.3) is 23.3 Å². The number of ether oxygens (including phenoxy) is 2. The highest BCUT2D eigenvalue weighted by molar-refractivity contribution is 5.77. The summed E-state index contributed by atoms with van der Waals surface area (Å²) in [6.07, 6.45) is 3.40. The van der Waals surface area contributed by atoms with Crippen LogP contribution < -0.4 is 20.7 Å². The highest BCUT2D eigenvalue weighted by Crippen LogP contribution is 2.37. The molecule has 142 valence electrons. The summed E-state index contributed by atoms with van der Waals surface area (Å²) in [6.45, 7) is 0. The van der Waals surface area contributed by atoms with E-state index in [1.165, 1.54) is 31.9 Å². The van der Waals surface area contributed by atoms with Crippen LogP contribution in [0.4, 0.5) is 0 Å². The summed E-state index contributed by atoms with van der Waals surface area (Å²) in [4.78, 5) is 28.9. The van der Waals surface area contributed by atoms with Crippen LogP contribution >= 0.6 is 0 Å². The largest absolute Gasteiger partial charge is 0.504 e. The fraction of sp³-hybridized carbons (Fsp3) is 0.278. The molecule has 0 amide bonds. The number of aromatic nitrogens is 4. The topological polar surface area (TPSA) is 101 Å². The molecule has 0 aliphatic heterocycles. The number of hydrogen-bond acceptors (Lipinski definition) is 6. The molecule has 1 aromatic carbocycles. The first kappa shape index (κ1) is 18.3. The van der Waals surface area contributed by atoms with E-state index in [9.17, 15) is 14.7 Å². The van der Waals surface area contributed by atoms with Crippen LogP contribution in [-0.2, 0) is 21.1 Å². The van der Waals surface area contributed by atoms with Crippen molar-refractivity contribution in [2.75, 3.05) is 14.2 Å². The van der Waals surface area contributed by atoms with Crippen molar-refractivity contribution in [1.29, 1.82) is 0 Å². The minimum Gasteiger partial charge on any atom is -0.504 e. The van der Waals surface area contributed by atoms with Crippen molar-refractivity contribution >= 4 is 23.3 Å².